The van der Waals surface area contributed by atoms with Crippen LogP contribution in [0, 0.1) is 5.92 Å². The molecule has 4 rings (SSSR count). The van der Waals surface area contributed by atoms with E-state index in [-0.39, 0.29) is 11.8 Å². The first-order valence-electron chi connectivity index (χ1n) is 9.39. The minimum atomic E-state index is 0.0654. The number of benzene rings is 1. The molecule has 1 saturated heterocycles. The number of halogens is 1. The maximum Gasteiger partial charge on any atom is 0.225 e. The van der Waals surface area contributed by atoms with E-state index in [2.05, 4.69) is 31.1 Å². The molecule has 1 aliphatic carbocycles. The van der Waals surface area contributed by atoms with Gasteiger partial charge in [0, 0.05) is 23.6 Å². The van der Waals surface area contributed by atoms with Crippen molar-refractivity contribution in [2.24, 2.45) is 5.92 Å². The molecule has 2 fully saturated rings. The zero-order valence-electron chi connectivity index (χ0n) is 14.4. The van der Waals surface area contributed by atoms with Crippen molar-refractivity contribution in [3.05, 3.63) is 22.7 Å². The first-order valence-corrected chi connectivity index (χ1v) is 10.2. The van der Waals surface area contributed by atoms with Crippen LogP contribution < -0.4 is 10.2 Å². The molecule has 1 aliphatic heterocycles. The number of hydrogen-bond donors (Lipinski definition) is 2. The number of piperidine rings is 1. The average Bonchev–Trinajstić information content (AvgIpc) is 3.06. The zero-order chi connectivity index (χ0) is 17.2. The first-order chi connectivity index (χ1) is 12.2. The van der Waals surface area contributed by atoms with Crippen LogP contribution in [0.1, 0.15) is 44.9 Å². The van der Waals surface area contributed by atoms with E-state index in [4.69, 9.17) is 4.98 Å². The highest BCUT2D eigenvalue weighted by atomic mass is 79.9. The highest BCUT2D eigenvalue weighted by Crippen LogP contribution is 2.26. The molecule has 2 aliphatic rings. The van der Waals surface area contributed by atoms with Crippen molar-refractivity contribution < 1.29 is 4.79 Å². The number of nitrogens with zero attached hydrogens (tertiary/aromatic N) is 2. The van der Waals surface area contributed by atoms with Gasteiger partial charge in [-0.2, -0.15) is 0 Å². The number of carbonyl (C=O) groups excluding carboxylic acids is 1. The second-order valence-electron chi connectivity index (χ2n) is 7.35. The molecular formula is C19H25BrN4O. The van der Waals surface area contributed by atoms with Crippen LogP contribution in [0.4, 0.5) is 5.95 Å². The van der Waals surface area contributed by atoms with Crippen LogP contribution in [-0.4, -0.2) is 35.0 Å². The number of hydrogen-bond acceptors (Lipinski definition) is 3. The smallest absolute Gasteiger partial charge is 0.225 e. The van der Waals surface area contributed by atoms with Gasteiger partial charge in [-0.15, -0.1) is 0 Å². The molecule has 2 aromatic rings. The van der Waals surface area contributed by atoms with Crippen LogP contribution >= 0.6 is 15.9 Å². The Morgan fingerprint density at radius 2 is 2.04 bits per heavy atom. The van der Waals surface area contributed by atoms with E-state index < -0.39 is 0 Å². The summed E-state index contributed by atoms with van der Waals surface area (Å²) in [5, 5.41) is 3.29. The van der Waals surface area contributed by atoms with Gasteiger partial charge in [0.1, 0.15) is 0 Å². The normalized spacial score (nSPS) is 22.3. The van der Waals surface area contributed by atoms with Gasteiger partial charge in [-0.3, -0.25) is 4.79 Å². The van der Waals surface area contributed by atoms with Gasteiger partial charge >= 0.3 is 0 Å². The number of aromatic nitrogens is 2. The summed E-state index contributed by atoms with van der Waals surface area (Å²) in [5.41, 5.74) is 1.99. The summed E-state index contributed by atoms with van der Waals surface area (Å²) in [5.74, 6) is 1.18. The molecule has 0 radical (unpaired) electrons. The molecule has 134 valence electrons. The van der Waals surface area contributed by atoms with E-state index in [0.29, 0.717) is 6.04 Å². The highest BCUT2D eigenvalue weighted by Gasteiger charge is 2.29. The fourth-order valence-electron chi connectivity index (χ4n) is 4.07. The summed E-state index contributed by atoms with van der Waals surface area (Å²) in [7, 11) is 0. The Bertz CT molecular complexity index is 753. The lowest BCUT2D eigenvalue weighted by molar-refractivity contribution is -0.126. The summed E-state index contributed by atoms with van der Waals surface area (Å²) in [4.78, 5) is 23.0. The van der Waals surface area contributed by atoms with Gasteiger partial charge < -0.3 is 15.2 Å². The van der Waals surface area contributed by atoms with Crippen molar-refractivity contribution in [3.8, 4) is 0 Å². The van der Waals surface area contributed by atoms with Gasteiger partial charge in [-0.05, 0) is 43.9 Å². The van der Waals surface area contributed by atoms with Gasteiger partial charge in [0.2, 0.25) is 11.9 Å². The number of nitrogens with one attached hydrogen (secondary N) is 2. The lowest BCUT2D eigenvalue weighted by Crippen LogP contribution is -2.46. The monoisotopic (exact) mass is 404 g/mol. The third kappa shape index (κ3) is 3.84. The van der Waals surface area contributed by atoms with Crippen LogP contribution in [0.3, 0.4) is 0 Å². The molecule has 6 heteroatoms. The standard InChI is InChI=1S/C19H25BrN4O/c20-14-8-9-16-17(11-14)23-19(22-16)24-10-4-5-13(12-24)18(25)21-15-6-2-1-3-7-15/h8-9,11,13,15H,1-7,10,12H2,(H,21,25)(H,22,23)/t13-/m1/s1. The molecule has 2 N–H and O–H groups in total. The Labute approximate surface area is 156 Å². The molecule has 25 heavy (non-hydrogen) atoms. The Hall–Kier alpha value is -1.56. The minimum Gasteiger partial charge on any atom is -0.353 e. The molecule has 1 saturated carbocycles. The number of amides is 1. The van der Waals surface area contributed by atoms with Crippen LogP contribution in [-0.2, 0) is 4.79 Å². The molecule has 1 aromatic heterocycles. The summed E-state index contributed by atoms with van der Waals surface area (Å²) >= 11 is 3.50. The Morgan fingerprint density at radius 3 is 2.88 bits per heavy atom. The van der Waals surface area contributed by atoms with Crippen LogP contribution in [0.15, 0.2) is 22.7 Å². The number of aromatic amines is 1. The molecule has 0 bridgehead atoms. The second-order valence-corrected chi connectivity index (χ2v) is 8.27. The zero-order valence-corrected chi connectivity index (χ0v) is 16.0. The van der Waals surface area contributed by atoms with Gasteiger partial charge in [0.05, 0.1) is 17.0 Å². The number of imidazole rings is 1. The molecule has 1 atom stereocenters. The highest BCUT2D eigenvalue weighted by molar-refractivity contribution is 9.10. The van der Waals surface area contributed by atoms with Crippen molar-refractivity contribution in [3.63, 3.8) is 0 Å². The van der Waals surface area contributed by atoms with Crippen molar-refractivity contribution in [1.82, 2.24) is 15.3 Å². The lowest BCUT2D eigenvalue weighted by atomic mass is 9.93. The summed E-state index contributed by atoms with van der Waals surface area (Å²) in [6.45, 7) is 1.70. The van der Waals surface area contributed by atoms with E-state index in [1.165, 1.54) is 19.3 Å². The largest absolute Gasteiger partial charge is 0.353 e. The SMILES string of the molecule is O=C(NC1CCCCC1)[C@@H]1CCCN(c2nc3ccc(Br)cc3[nH]2)C1. The van der Waals surface area contributed by atoms with Crippen molar-refractivity contribution in [2.75, 3.05) is 18.0 Å². The number of carbonyl (C=O) groups is 1. The first kappa shape index (κ1) is 16.9. The van der Waals surface area contributed by atoms with Crippen LogP contribution in [0.5, 0.6) is 0 Å². The van der Waals surface area contributed by atoms with Crippen molar-refractivity contribution >= 4 is 38.8 Å². The number of rotatable bonds is 3. The number of fused-ring (bicyclic) bond motifs is 1. The number of anilines is 1. The third-order valence-electron chi connectivity index (χ3n) is 5.47. The quantitative estimate of drug-likeness (QED) is 0.812. The van der Waals surface area contributed by atoms with Crippen LogP contribution in [0.25, 0.3) is 11.0 Å². The molecule has 1 amide bonds. The van der Waals surface area contributed by atoms with E-state index in [1.807, 2.05) is 18.2 Å². The topological polar surface area (TPSA) is 61.0 Å². The summed E-state index contributed by atoms with van der Waals surface area (Å²) < 4.78 is 1.04. The fourth-order valence-corrected chi connectivity index (χ4v) is 4.43. The Morgan fingerprint density at radius 1 is 1.20 bits per heavy atom. The van der Waals surface area contributed by atoms with Crippen LogP contribution in [0.2, 0.25) is 0 Å². The number of H-pyrrole nitrogens is 1. The van der Waals surface area contributed by atoms with Gasteiger partial charge in [0.15, 0.2) is 0 Å². The van der Waals surface area contributed by atoms with E-state index >= 15 is 0 Å². The molecular weight excluding hydrogens is 380 g/mol. The van der Waals surface area contributed by atoms with E-state index in [1.54, 1.807) is 0 Å². The van der Waals surface area contributed by atoms with Crippen molar-refractivity contribution in [1.29, 1.82) is 0 Å². The maximum atomic E-state index is 12.7. The molecule has 2 heterocycles. The van der Waals surface area contributed by atoms with Gasteiger partial charge in [-0.1, -0.05) is 35.2 Å². The predicted molar refractivity (Wildman–Crippen MR) is 104 cm³/mol. The van der Waals surface area contributed by atoms with Gasteiger partial charge in [-0.25, -0.2) is 4.98 Å². The Balaban J connectivity index is 1.43. The molecule has 5 nitrogen and oxygen atoms in total. The van der Waals surface area contributed by atoms with E-state index in [9.17, 15) is 4.79 Å². The Kier molecular flexibility index (Phi) is 4.97. The molecule has 0 unspecified atom stereocenters. The molecule has 1 aromatic carbocycles. The predicted octanol–water partition coefficient (Wildman–Crippen LogP) is 3.99. The fraction of sp³-hybridized carbons (Fsp3) is 0.579. The average molecular weight is 405 g/mol. The minimum absolute atomic E-state index is 0.0654. The summed E-state index contributed by atoms with van der Waals surface area (Å²) in [6.07, 6.45) is 8.09. The maximum absolute atomic E-state index is 12.7. The lowest BCUT2D eigenvalue weighted by Gasteiger charge is -2.33. The second kappa shape index (κ2) is 7.36. The third-order valence-corrected chi connectivity index (χ3v) is 5.97. The van der Waals surface area contributed by atoms with Gasteiger partial charge in [0.25, 0.3) is 0 Å². The molecule has 0 spiro atoms. The van der Waals surface area contributed by atoms with Crippen molar-refractivity contribution in [2.45, 2.75) is 51.0 Å². The summed E-state index contributed by atoms with van der Waals surface area (Å²) in [6, 6.07) is 6.45. The van der Waals surface area contributed by atoms with E-state index in [0.717, 1.165) is 60.2 Å².